The van der Waals surface area contributed by atoms with E-state index in [2.05, 4.69) is 55.6 Å². The van der Waals surface area contributed by atoms with Gasteiger partial charge in [-0.15, -0.1) is 0 Å². The third-order valence-electron chi connectivity index (χ3n) is 3.33. The molecular formula is C15H18OSi. The van der Waals surface area contributed by atoms with Gasteiger partial charge in [-0.3, -0.25) is 0 Å². The highest BCUT2D eigenvalue weighted by atomic mass is 28.3. The van der Waals surface area contributed by atoms with Gasteiger partial charge in [-0.05, 0) is 5.56 Å². The van der Waals surface area contributed by atoms with E-state index in [-0.39, 0.29) is 6.61 Å². The Morgan fingerprint density at radius 1 is 0.882 bits per heavy atom. The molecule has 0 saturated heterocycles. The molecule has 0 aromatic heterocycles. The molecule has 0 aliphatic carbocycles. The Morgan fingerprint density at radius 3 is 2.18 bits per heavy atom. The summed E-state index contributed by atoms with van der Waals surface area (Å²) < 4.78 is 0. The van der Waals surface area contributed by atoms with Crippen molar-refractivity contribution in [1.29, 1.82) is 0 Å². The average Bonchev–Trinajstić information content (AvgIpc) is 2.40. The van der Waals surface area contributed by atoms with Gasteiger partial charge in [0, 0.05) is 0 Å². The van der Waals surface area contributed by atoms with E-state index in [4.69, 9.17) is 0 Å². The summed E-state index contributed by atoms with van der Waals surface area (Å²) >= 11 is 0. The van der Waals surface area contributed by atoms with Crippen molar-refractivity contribution in [2.24, 2.45) is 0 Å². The molecule has 0 unspecified atom stereocenters. The van der Waals surface area contributed by atoms with Crippen LogP contribution in [0, 0.1) is 0 Å². The molecular weight excluding hydrogens is 224 g/mol. The summed E-state index contributed by atoms with van der Waals surface area (Å²) in [5.41, 5.74) is 0.999. The summed E-state index contributed by atoms with van der Waals surface area (Å²) in [6, 6.07) is 19.0. The molecule has 0 saturated carbocycles. The lowest BCUT2D eigenvalue weighted by Gasteiger charge is -2.24. The zero-order valence-corrected chi connectivity index (χ0v) is 11.4. The quantitative estimate of drug-likeness (QED) is 0.816. The smallest absolute Gasteiger partial charge is 0.112 e. The highest BCUT2D eigenvalue weighted by molar-refractivity contribution is 7.00. The molecule has 1 N–H and O–H groups in total. The average molecular weight is 242 g/mol. The number of aliphatic hydroxyl groups excluding tert-OH is 1. The lowest BCUT2D eigenvalue weighted by Crippen LogP contribution is -2.52. The molecule has 88 valence electrons. The minimum Gasteiger partial charge on any atom is -0.392 e. The van der Waals surface area contributed by atoms with Crippen LogP contribution in [0.2, 0.25) is 13.1 Å². The molecule has 0 atom stereocenters. The van der Waals surface area contributed by atoms with Gasteiger partial charge in [0.2, 0.25) is 0 Å². The fraction of sp³-hybridized carbons (Fsp3) is 0.200. The van der Waals surface area contributed by atoms with Crippen molar-refractivity contribution in [3.63, 3.8) is 0 Å². The Bertz CT molecular complexity index is 491. The molecule has 0 radical (unpaired) electrons. The van der Waals surface area contributed by atoms with Gasteiger partial charge in [0.15, 0.2) is 0 Å². The van der Waals surface area contributed by atoms with Crippen molar-refractivity contribution >= 4 is 18.4 Å². The fourth-order valence-electron chi connectivity index (χ4n) is 2.08. The van der Waals surface area contributed by atoms with E-state index in [1.807, 2.05) is 12.1 Å². The maximum Gasteiger partial charge on any atom is 0.112 e. The van der Waals surface area contributed by atoms with E-state index in [0.717, 1.165) is 5.56 Å². The van der Waals surface area contributed by atoms with Crippen LogP contribution in [0.25, 0.3) is 0 Å². The molecule has 1 nitrogen and oxygen atoms in total. The van der Waals surface area contributed by atoms with Gasteiger partial charge in [0.1, 0.15) is 8.07 Å². The Labute approximate surface area is 104 Å². The zero-order chi connectivity index (χ0) is 12.3. The highest BCUT2D eigenvalue weighted by Gasteiger charge is 2.25. The van der Waals surface area contributed by atoms with E-state index in [0.29, 0.717) is 0 Å². The Kier molecular flexibility index (Phi) is 3.45. The van der Waals surface area contributed by atoms with Gasteiger partial charge in [0.05, 0.1) is 6.61 Å². The Balaban J connectivity index is 2.44. The van der Waals surface area contributed by atoms with Crippen molar-refractivity contribution in [2.45, 2.75) is 19.7 Å². The maximum atomic E-state index is 9.21. The Hall–Kier alpha value is -1.38. The molecule has 0 aliphatic heterocycles. The summed E-state index contributed by atoms with van der Waals surface area (Å²) in [5, 5.41) is 12.0. The van der Waals surface area contributed by atoms with Gasteiger partial charge < -0.3 is 5.11 Å². The van der Waals surface area contributed by atoms with Crippen LogP contribution in [0.1, 0.15) is 5.56 Å². The summed E-state index contributed by atoms with van der Waals surface area (Å²) in [4.78, 5) is 0. The van der Waals surface area contributed by atoms with Crippen LogP contribution in [0.5, 0.6) is 0 Å². The molecule has 17 heavy (non-hydrogen) atoms. The number of hydrogen-bond acceptors (Lipinski definition) is 1. The highest BCUT2D eigenvalue weighted by Crippen LogP contribution is 2.06. The van der Waals surface area contributed by atoms with E-state index in [1.54, 1.807) is 0 Å². The minimum atomic E-state index is -1.61. The summed E-state index contributed by atoms with van der Waals surface area (Å²) in [5.74, 6) is 0. The fourth-order valence-corrected chi connectivity index (χ4v) is 4.50. The van der Waals surface area contributed by atoms with Crippen LogP contribution in [-0.2, 0) is 6.61 Å². The molecule has 2 heteroatoms. The largest absolute Gasteiger partial charge is 0.392 e. The molecule has 2 aromatic carbocycles. The van der Waals surface area contributed by atoms with Gasteiger partial charge in [-0.25, -0.2) is 0 Å². The van der Waals surface area contributed by atoms with Gasteiger partial charge in [-0.2, -0.15) is 0 Å². The third kappa shape index (κ3) is 2.48. The van der Waals surface area contributed by atoms with Gasteiger partial charge >= 0.3 is 0 Å². The third-order valence-corrected chi connectivity index (χ3v) is 6.86. The first-order chi connectivity index (χ1) is 8.14. The number of benzene rings is 2. The van der Waals surface area contributed by atoms with E-state index in [1.165, 1.54) is 10.4 Å². The normalized spacial score (nSPS) is 11.5. The van der Waals surface area contributed by atoms with E-state index < -0.39 is 8.07 Å². The molecule has 0 fully saturated rings. The second-order valence-corrected chi connectivity index (χ2v) is 9.25. The van der Waals surface area contributed by atoms with Crippen LogP contribution in [0.15, 0.2) is 54.6 Å². The monoisotopic (exact) mass is 242 g/mol. The van der Waals surface area contributed by atoms with Crippen LogP contribution in [0.4, 0.5) is 0 Å². The first-order valence-corrected chi connectivity index (χ1v) is 8.90. The lowest BCUT2D eigenvalue weighted by molar-refractivity contribution is 0.282. The second-order valence-electron chi connectivity index (χ2n) is 4.85. The molecule has 0 bridgehead atoms. The number of rotatable bonds is 3. The standard InChI is InChI=1S/C15H18OSi/c1-17(2,14-8-4-3-5-9-14)15-10-6-7-13(11-15)12-16/h3-11,16H,12H2,1-2H3. The molecule has 0 aliphatic rings. The van der Waals surface area contributed by atoms with Crippen molar-refractivity contribution in [2.75, 3.05) is 0 Å². The molecule has 0 amide bonds. The number of aliphatic hydroxyl groups is 1. The predicted molar refractivity (Wildman–Crippen MR) is 75.6 cm³/mol. The summed E-state index contributed by atoms with van der Waals surface area (Å²) in [7, 11) is -1.61. The first kappa shape index (κ1) is 12.1. The summed E-state index contributed by atoms with van der Waals surface area (Å²) in [6.07, 6.45) is 0. The van der Waals surface area contributed by atoms with Crippen molar-refractivity contribution < 1.29 is 5.11 Å². The van der Waals surface area contributed by atoms with Crippen LogP contribution in [0.3, 0.4) is 0 Å². The topological polar surface area (TPSA) is 20.2 Å². The molecule has 2 rings (SSSR count). The van der Waals surface area contributed by atoms with Crippen molar-refractivity contribution in [3.05, 3.63) is 60.2 Å². The van der Waals surface area contributed by atoms with Crippen molar-refractivity contribution in [1.82, 2.24) is 0 Å². The predicted octanol–water partition coefficient (Wildman–Crippen LogP) is 2.00. The second kappa shape index (κ2) is 4.86. The summed E-state index contributed by atoms with van der Waals surface area (Å²) in [6.45, 7) is 4.81. The van der Waals surface area contributed by atoms with Gasteiger partial charge in [0.25, 0.3) is 0 Å². The van der Waals surface area contributed by atoms with Gasteiger partial charge in [-0.1, -0.05) is 78.1 Å². The van der Waals surface area contributed by atoms with E-state index >= 15 is 0 Å². The zero-order valence-electron chi connectivity index (χ0n) is 10.4. The molecule has 0 spiro atoms. The maximum absolute atomic E-state index is 9.21. The van der Waals surface area contributed by atoms with Crippen LogP contribution in [-0.4, -0.2) is 13.2 Å². The molecule has 2 aromatic rings. The lowest BCUT2D eigenvalue weighted by atomic mass is 10.2. The molecule has 0 heterocycles. The SMILES string of the molecule is C[Si](C)(c1ccccc1)c1cccc(CO)c1. The minimum absolute atomic E-state index is 0.118. The van der Waals surface area contributed by atoms with Crippen LogP contribution >= 0.6 is 0 Å². The van der Waals surface area contributed by atoms with E-state index in [9.17, 15) is 5.11 Å². The van der Waals surface area contributed by atoms with Crippen molar-refractivity contribution in [3.8, 4) is 0 Å². The Morgan fingerprint density at radius 2 is 1.53 bits per heavy atom. The van der Waals surface area contributed by atoms with Crippen LogP contribution < -0.4 is 10.4 Å². The number of hydrogen-bond donors (Lipinski definition) is 1. The first-order valence-electron chi connectivity index (χ1n) is 5.90.